The van der Waals surface area contributed by atoms with Gasteiger partial charge in [-0.3, -0.25) is 9.59 Å². The molecule has 0 saturated heterocycles. The number of methoxy groups -OCH3 is 1. The van der Waals surface area contributed by atoms with Crippen LogP contribution < -0.4 is 15.4 Å². The van der Waals surface area contributed by atoms with Gasteiger partial charge >= 0.3 is 5.97 Å². The number of anilines is 1. The minimum atomic E-state index is -0.988. The van der Waals surface area contributed by atoms with Gasteiger partial charge in [0.05, 0.1) is 18.4 Å². The van der Waals surface area contributed by atoms with Crippen molar-refractivity contribution < 1.29 is 23.9 Å². The number of amides is 2. The molecule has 0 spiro atoms. The number of ether oxygens (including phenoxy) is 2. The smallest absolute Gasteiger partial charge is 0.341 e. The first-order chi connectivity index (χ1) is 13.5. The van der Waals surface area contributed by atoms with Crippen LogP contribution in [-0.2, 0) is 9.53 Å². The van der Waals surface area contributed by atoms with E-state index in [2.05, 4.69) is 17.2 Å². The van der Waals surface area contributed by atoms with E-state index in [-0.39, 0.29) is 23.7 Å². The largest absolute Gasteiger partial charge is 0.497 e. The highest BCUT2D eigenvalue weighted by Gasteiger charge is 2.21. The quantitative estimate of drug-likeness (QED) is 0.541. The number of esters is 1. The van der Waals surface area contributed by atoms with Crippen molar-refractivity contribution in [3.05, 3.63) is 72.3 Å². The van der Waals surface area contributed by atoms with Crippen LogP contribution in [0, 0.1) is 0 Å². The molecule has 1 atom stereocenters. The fourth-order valence-electron chi connectivity index (χ4n) is 2.30. The molecular weight excluding hydrogens is 360 g/mol. The number of hydrogen-bond acceptors (Lipinski definition) is 5. The van der Waals surface area contributed by atoms with E-state index in [4.69, 9.17) is 9.47 Å². The molecule has 7 heteroatoms. The van der Waals surface area contributed by atoms with Gasteiger partial charge in [-0.2, -0.15) is 0 Å². The highest BCUT2D eigenvalue weighted by Crippen LogP contribution is 2.19. The Balaban J connectivity index is 2.10. The minimum Gasteiger partial charge on any atom is -0.497 e. The molecule has 0 aliphatic heterocycles. The molecule has 0 saturated carbocycles. The first-order valence-corrected chi connectivity index (χ1v) is 8.60. The zero-order chi connectivity index (χ0) is 20.5. The van der Waals surface area contributed by atoms with Crippen molar-refractivity contribution in [1.82, 2.24) is 5.32 Å². The summed E-state index contributed by atoms with van der Waals surface area (Å²) in [6.07, 6.45) is 0.536. The number of para-hydroxylation sites is 1. The second kappa shape index (κ2) is 9.91. The lowest BCUT2D eigenvalue weighted by atomic mass is 10.1. The van der Waals surface area contributed by atoms with Crippen LogP contribution in [0.5, 0.6) is 5.75 Å². The van der Waals surface area contributed by atoms with Gasteiger partial charge in [-0.05, 0) is 43.3 Å². The summed E-state index contributed by atoms with van der Waals surface area (Å²) < 4.78 is 10.3. The average molecular weight is 382 g/mol. The fourth-order valence-corrected chi connectivity index (χ4v) is 2.30. The molecule has 28 heavy (non-hydrogen) atoms. The summed E-state index contributed by atoms with van der Waals surface area (Å²) in [4.78, 5) is 36.8. The standard InChI is InChI=1S/C21H22N2O5/c1-4-13-22-19(24)14(2)28-21(26)17-7-5-6-8-18(17)23-20(25)15-9-11-16(27-3)12-10-15/h4-12,14H,1,13H2,2-3H3,(H,22,24)(H,23,25)/t14-/m0/s1. The minimum absolute atomic E-state index is 0.146. The second-order valence-corrected chi connectivity index (χ2v) is 5.81. The monoisotopic (exact) mass is 382 g/mol. The summed E-state index contributed by atoms with van der Waals surface area (Å²) in [5.41, 5.74) is 0.834. The lowest BCUT2D eigenvalue weighted by Crippen LogP contribution is -2.36. The van der Waals surface area contributed by atoms with E-state index in [9.17, 15) is 14.4 Å². The third-order valence-electron chi connectivity index (χ3n) is 3.82. The molecule has 2 amide bonds. The number of nitrogens with one attached hydrogen (secondary N) is 2. The normalized spacial score (nSPS) is 11.1. The van der Waals surface area contributed by atoms with E-state index in [0.717, 1.165) is 0 Å². The van der Waals surface area contributed by atoms with Gasteiger partial charge in [-0.25, -0.2) is 4.79 Å². The van der Waals surface area contributed by atoms with Crippen molar-refractivity contribution in [2.24, 2.45) is 0 Å². The van der Waals surface area contributed by atoms with Crippen LogP contribution in [-0.4, -0.2) is 37.5 Å². The van der Waals surface area contributed by atoms with Crippen LogP contribution in [0.4, 0.5) is 5.69 Å². The molecule has 7 nitrogen and oxygen atoms in total. The van der Waals surface area contributed by atoms with Gasteiger partial charge in [0, 0.05) is 12.1 Å². The molecular formula is C21H22N2O5. The number of rotatable bonds is 8. The number of carbonyl (C=O) groups is 3. The van der Waals surface area contributed by atoms with E-state index in [1.54, 1.807) is 42.5 Å². The molecule has 0 heterocycles. The van der Waals surface area contributed by atoms with Gasteiger partial charge in [-0.1, -0.05) is 18.2 Å². The molecule has 0 bridgehead atoms. The highest BCUT2D eigenvalue weighted by molar-refractivity contribution is 6.08. The van der Waals surface area contributed by atoms with Crippen molar-refractivity contribution in [3.63, 3.8) is 0 Å². The first kappa shape index (κ1) is 20.7. The lowest BCUT2D eigenvalue weighted by Gasteiger charge is -2.15. The Labute approximate surface area is 163 Å². The van der Waals surface area contributed by atoms with E-state index < -0.39 is 18.0 Å². The first-order valence-electron chi connectivity index (χ1n) is 8.60. The molecule has 0 aliphatic rings. The van der Waals surface area contributed by atoms with Crippen LogP contribution in [0.25, 0.3) is 0 Å². The number of benzene rings is 2. The van der Waals surface area contributed by atoms with Gasteiger partial charge in [0.25, 0.3) is 11.8 Å². The van der Waals surface area contributed by atoms with Crippen LogP contribution in [0.1, 0.15) is 27.6 Å². The van der Waals surface area contributed by atoms with Crippen LogP contribution >= 0.6 is 0 Å². The summed E-state index contributed by atoms with van der Waals surface area (Å²) in [5, 5.41) is 5.24. The Hall–Kier alpha value is -3.61. The Kier molecular flexibility index (Phi) is 7.33. The molecule has 2 rings (SSSR count). The molecule has 0 fully saturated rings. The van der Waals surface area contributed by atoms with E-state index in [0.29, 0.717) is 11.3 Å². The molecule has 2 aromatic carbocycles. The number of carbonyl (C=O) groups excluding carboxylic acids is 3. The Morgan fingerprint density at radius 3 is 2.43 bits per heavy atom. The molecule has 0 aliphatic carbocycles. The lowest BCUT2D eigenvalue weighted by molar-refractivity contribution is -0.128. The highest BCUT2D eigenvalue weighted by atomic mass is 16.5. The maximum atomic E-state index is 12.5. The Bertz CT molecular complexity index is 861. The molecule has 0 unspecified atom stereocenters. The van der Waals surface area contributed by atoms with E-state index in [1.807, 2.05) is 0 Å². The Morgan fingerprint density at radius 1 is 1.11 bits per heavy atom. The molecule has 2 N–H and O–H groups in total. The number of hydrogen-bond donors (Lipinski definition) is 2. The predicted octanol–water partition coefficient (Wildman–Crippen LogP) is 2.80. The van der Waals surface area contributed by atoms with Crippen LogP contribution in [0.2, 0.25) is 0 Å². The van der Waals surface area contributed by atoms with Gasteiger partial charge in [0.1, 0.15) is 5.75 Å². The molecule has 146 valence electrons. The van der Waals surface area contributed by atoms with Gasteiger partial charge in [-0.15, -0.1) is 6.58 Å². The van der Waals surface area contributed by atoms with E-state index >= 15 is 0 Å². The molecule has 2 aromatic rings. The predicted molar refractivity (Wildman–Crippen MR) is 105 cm³/mol. The fraction of sp³-hybridized carbons (Fsp3) is 0.190. The van der Waals surface area contributed by atoms with Gasteiger partial charge in [0.2, 0.25) is 0 Å². The van der Waals surface area contributed by atoms with Crippen molar-refractivity contribution >= 4 is 23.5 Å². The summed E-state index contributed by atoms with van der Waals surface area (Å²) >= 11 is 0. The third-order valence-corrected chi connectivity index (χ3v) is 3.82. The van der Waals surface area contributed by atoms with Crippen molar-refractivity contribution in [3.8, 4) is 5.75 Å². The summed E-state index contributed by atoms with van der Waals surface area (Å²) in [7, 11) is 1.54. The van der Waals surface area contributed by atoms with Crippen molar-refractivity contribution in [2.45, 2.75) is 13.0 Å². The maximum Gasteiger partial charge on any atom is 0.341 e. The summed E-state index contributed by atoms with van der Waals surface area (Å²) in [6, 6.07) is 13.0. The van der Waals surface area contributed by atoms with Gasteiger partial charge < -0.3 is 20.1 Å². The zero-order valence-electron chi connectivity index (χ0n) is 15.7. The topological polar surface area (TPSA) is 93.7 Å². The summed E-state index contributed by atoms with van der Waals surface area (Å²) in [6.45, 7) is 5.24. The zero-order valence-corrected chi connectivity index (χ0v) is 15.7. The van der Waals surface area contributed by atoms with Gasteiger partial charge in [0.15, 0.2) is 6.10 Å². The summed E-state index contributed by atoms with van der Waals surface area (Å²) in [5.74, 6) is -0.913. The third kappa shape index (κ3) is 5.44. The van der Waals surface area contributed by atoms with E-state index in [1.165, 1.54) is 26.2 Å². The van der Waals surface area contributed by atoms with Crippen molar-refractivity contribution in [2.75, 3.05) is 19.0 Å². The SMILES string of the molecule is C=CCNC(=O)[C@H](C)OC(=O)c1ccccc1NC(=O)c1ccc(OC)cc1. The van der Waals surface area contributed by atoms with Crippen LogP contribution in [0.15, 0.2) is 61.2 Å². The molecule has 0 radical (unpaired) electrons. The van der Waals surface area contributed by atoms with Crippen molar-refractivity contribution in [1.29, 1.82) is 0 Å². The maximum absolute atomic E-state index is 12.5. The average Bonchev–Trinajstić information content (AvgIpc) is 2.72. The Morgan fingerprint density at radius 2 is 1.79 bits per heavy atom. The molecule has 0 aromatic heterocycles. The van der Waals surface area contributed by atoms with Crippen LogP contribution in [0.3, 0.4) is 0 Å². The second-order valence-electron chi connectivity index (χ2n) is 5.81.